The molecule has 0 fully saturated rings. The fraction of sp³-hybridized carbons (Fsp3) is 0.571. The van der Waals surface area contributed by atoms with Crippen molar-refractivity contribution in [2.45, 2.75) is 37.6 Å². The minimum Gasteiger partial charge on any atom is -0.380 e. The Hall–Kier alpha value is -0.950. The van der Waals surface area contributed by atoms with E-state index in [9.17, 15) is 8.42 Å². The molecule has 6 heteroatoms. The van der Waals surface area contributed by atoms with Crippen LogP contribution in [0.25, 0.3) is 0 Å². The molecule has 1 aromatic carbocycles. The molecule has 0 spiro atoms. The van der Waals surface area contributed by atoms with Gasteiger partial charge in [-0.05, 0) is 31.0 Å². The highest BCUT2D eigenvalue weighted by Crippen LogP contribution is 2.16. The van der Waals surface area contributed by atoms with Crippen LogP contribution in [-0.2, 0) is 14.8 Å². The van der Waals surface area contributed by atoms with Gasteiger partial charge in [0.05, 0.1) is 11.5 Å². The maximum Gasteiger partial charge on any atom is 0.238 e. The molecule has 1 aromatic rings. The van der Waals surface area contributed by atoms with E-state index in [0.29, 0.717) is 6.61 Å². The van der Waals surface area contributed by atoms with Crippen molar-refractivity contribution in [3.63, 3.8) is 0 Å². The lowest BCUT2D eigenvalue weighted by atomic mass is 10.1. The molecule has 114 valence electrons. The normalized spacial score (nSPS) is 13.3. The van der Waals surface area contributed by atoms with E-state index in [1.165, 1.54) is 6.07 Å². The van der Waals surface area contributed by atoms with Crippen LogP contribution in [0.5, 0.6) is 0 Å². The lowest BCUT2D eigenvalue weighted by Gasteiger charge is -2.15. The average Bonchev–Trinajstić information content (AvgIpc) is 2.41. The second-order valence-electron chi connectivity index (χ2n) is 4.76. The highest BCUT2D eigenvalue weighted by Gasteiger charge is 2.11. The summed E-state index contributed by atoms with van der Waals surface area (Å²) in [7, 11) is -3.65. The van der Waals surface area contributed by atoms with Gasteiger partial charge in [-0.15, -0.1) is 0 Å². The summed E-state index contributed by atoms with van der Waals surface area (Å²) in [6, 6.07) is 6.73. The van der Waals surface area contributed by atoms with Gasteiger partial charge in [0.2, 0.25) is 10.0 Å². The zero-order valence-electron chi connectivity index (χ0n) is 12.1. The molecule has 0 bridgehead atoms. The lowest BCUT2D eigenvalue weighted by Crippen LogP contribution is -2.23. The molecule has 0 amide bonds. The lowest BCUT2D eigenvalue weighted by molar-refractivity contribution is 0.131. The summed E-state index contributed by atoms with van der Waals surface area (Å²) in [6.07, 6.45) is 2.20. The van der Waals surface area contributed by atoms with E-state index >= 15 is 0 Å². The molecule has 0 saturated carbocycles. The topological polar surface area (TPSA) is 81.4 Å². The fourth-order valence-corrected chi connectivity index (χ4v) is 2.34. The van der Waals surface area contributed by atoms with Crippen LogP contribution < -0.4 is 10.5 Å². The maximum absolute atomic E-state index is 11.3. The number of benzene rings is 1. The Balaban J connectivity index is 2.45. The van der Waals surface area contributed by atoms with Crippen LogP contribution in [0.1, 0.15) is 38.3 Å². The van der Waals surface area contributed by atoms with Crippen molar-refractivity contribution in [1.82, 2.24) is 5.32 Å². The smallest absolute Gasteiger partial charge is 0.238 e. The molecule has 1 rings (SSSR count). The minimum absolute atomic E-state index is 0.0477. The summed E-state index contributed by atoms with van der Waals surface area (Å²) in [6.45, 7) is 6.27. The number of hydrogen-bond donors (Lipinski definition) is 2. The van der Waals surface area contributed by atoms with Crippen LogP contribution in [0.15, 0.2) is 29.2 Å². The summed E-state index contributed by atoms with van der Waals surface area (Å²) in [5.41, 5.74) is 0.894. The van der Waals surface area contributed by atoms with Crippen LogP contribution in [-0.4, -0.2) is 28.2 Å². The molecule has 0 aliphatic heterocycles. The zero-order valence-corrected chi connectivity index (χ0v) is 12.9. The Morgan fingerprint density at radius 3 is 2.75 bits per heavy atom. The SMILES string of the molecule is CCCCOCCNC(C)c1cccc(S(N)(=O)=O)c1. The van der Waals surface area contributed by atoms with Crippen LogP contribution >= 0.6 is 0 Å². The van der Waals surface area contributed by atoms with E-state index in [4.69, 9.17) is 9.88 Å². The van der Waals surface area contributed by atoms with Crippen LogP contribution in [0, 0.1) is 0 Å². The number of rotatable bonds is 9. The summed E-state index contributed by atoms with van der Waals surface area (Å²) in [5, 5.41) is 8.42. The van der Waals surface area contributed by atoms with Gasteiger partial charge in [0.15, 0.2) is 0 Å². The third-order valence-corrected chi connectivity index (χ3v) is 3.94. The van der Waals surface area contributed by atoms with Gasteiger partial charge >= 0.3 is 0 Å². The number of primary sulfonamides is 1. The highest BCUT2D eigenvalue weighted by molar-refractivity contribution is 7.89. The van der Waals surface area contributed by atoms with Crippen molar-refractivity contribution in [2.24, 2.45) is 5.14 Å². The Morgan fingerprint density at radius 2 is 2.10 bits per heavy atom. The number of nitrogens with two attached hydrogens (primary N) is 1. The zero-order chi connectivity index (χ0) is 15.0. The molecule has 3 N–H and O–H groups in total. The van der Waals surface area contributed by atoms with Crippen molar-refractivity contribution in [2.75, 3.05) is 19.8 Å². The van der Waals surface area contributed by atoms with Crippen molar-refractivity contribution < 1.29 is 13.2 Å². The monoisotopic (exact) mass is 300 g/mol. The predicted molar refractivity (Wildman–Crippen MR) is 80.0 cm³/mol. The Bertz CT molecular complexity index is 503. The number of sulfonamides is 1. The first kappa shape index (κ1) is 17.1. The second-order valence-corrected chi connectivity index (χ2v) is 6.32. The van der Waals surface area contributed by atoms with Crippen molar-refractivity contribution in [1.29, 1.82) is 0 Å². The first-order chi connectivity index (χ1) is 9.45. The van der Waals surface area contributed by atoms with Crippen LogP contribution in [0.4, 0.5) is 0 Å². The van der Waals surface area contributed by atoms with Gasteiger partial charge in [0, 0.05) is 19.2 Å². The van der Waals surface area contributed by atoms with Crippen molar-refractivity contribution in [3.8, 4) is 0 Å². The first-order valence-corrected chi connectivity index (χ1v) is 8.43. The van der Waals surface area contributed by atoms with Crippen LogP contribution in [0.3, 0.4) is 0 Å². The van der Waals surface area contributed by atoms with Gasteiger partial charge in [-0.2, -0.15) is 0 Å². The molecule has 0 saturated heterocycles. The van der Waals surface area contributed by atoms with Gasteiger partial charge in [-0.3, -0.25) is 0 Å². The van der Waals surface area contributed by atoms with Gasteiger partial charge in [-0.1, -0.05) is 25.5 Å². The molecule has 0 aromatic heterocycles. The third-order valence-electron chi connectivity index (χ3n) is 3.03. The molecular formula is C14H24N2O3S. The maximum atomic E-state index is 11.3. The molecule has 0 aliphatic rings. The van der Waals surface area contributed by atoms with E-state index in [-0.39, 0.29) is 10.9 Å². The first-order valence-electron chi connectivity index (χ1n) is 6.89. The number of nitrogens with one attached hydrogen (secondary N) is 1. The van der Waals surface area contributed by atoms with E-state index in [1.807, 2.05) is 13.0 Å². The summed E-state index contributed by atoms with van der Waals surface area (Å²) < 4.78 is 28.1. The van der Waals surface area contributed by atoms with Gasteiger partial charge in [0.25, 0.3) is 0 Å². The largest absolute Gasteiger partial charge is 0.380 e. The number of hydrogen-bond acceptors (Lipinski definition) is 4. The van der Waals surface area contributed by atoms with Gasteiger partial charge in [-0.25, -0.2) is 13.6 Å². The molecule has 0 aliphatic carbocycles. The quantitative estimate of drug-likeness (QED) is 0.681. The molecule has 1 unspecified atom stereocenters. The standard InChI is InChI=1S/C14H24N2O3S/c1-3-4-9-19-10-8-16-12(2)13-6-5-7-14(11-13)20(15,17)18/h5-7,11-12,16H,3-4,8-10H2,1-2H3,(H2,15,17,18). The molecule has 0 radical (unpaired) electrons. The third kappa shape index (κ3) is 6.00. The second kappa shape index (κ2) is 8.36. The Morgan fingerprint density at radius 1 is 1.35 bits per heavy atom. The molecule has 5 nitrogen and oxygen atoms in total. The summed E-state index contributed by atoms with van der Waals surface area (Å²) in [5.74, 6) is 0. The Kier molecular flexibility index (Phi) is 7.15. The van der Waals surface area contributed by atoms with Gasteiger partial charge < -0.3 is 10.1 Å². The van der Waals surface area contributed by atoms with E-state index < -0.39 is 10.0 Å². The van der Waals surface area contributed by atoms with Crippen LogP contribution in [0.2, 0.25) is 0 Å². The molecule has 1 atom stereocenters. The van der Waals surface area contributed by atoms with E-state index in [2.05, 4.69) is 12.2 Å². The number of ether oxygens (including phenoxy) is 1. The Labute approximate surface area is 121 Å². The fourth-order valence-electron chi connectivity index (χ4n) is 1.77. The average molecular weight is 300 g/mol. The molecular weight excluding hydrogens is 276 g/mol. The van der Waals surface area contributed by atoms with Crippen molar-refractivity contribution >= 4 is 10.0 Å². The predicted octanol–water partition coefficient (Wildman–Crippen LogP) is 1.80. The van der Waals surface area contributed by atoms with E-state index in [1.54, 1.807) is 12.1 Å². The van der Waals surface area contributed by atoms with E-state index in [0.717, 1.165) is 31.6 Å². The molecule has 20 heavy (non-hydrogen) atoms. The summed E-state index contributed by atoms with van der Waals surface area (Å²) >= 11 is 0. The highest BCUT2D eigenvalue weighted by atomic mass is 32.2. The minimum atomic E-state index is -3.65. The molecule has 0 heterocycles. The van der Waals surface area contributed by atoms with Gasteiger partial charge in [0.1, 0.15) is 0 Å². The van der Waals surface area contributed by atoms with Crippen molar-refractivity contribution in [3.05, 3.63) is 29.8 Å². The summed E-state index contributed by atoms with van der Waals surface area (Å²) in [4.78, 5) is 0.142. The number of unbranched alkanes of at least 4 members (excludes halogenated alkanes) is 1.